The van der Waals surface area contributed by atoms with Crippen molar-refractivity contribution >= 4 is 32.3 Å². The monoisotopic (exact) mass is 441 g/mol. The molecular formula is C22H23N3O5S. The van der Waals surface area contributed by atoms with Gasteiger partial charge < -0.3 is 20.3 Å². The van der Waals surface area contributed by atoms with E-state index >= 15 is 0 Å². The molecule has 3 aromatic rings. The molecule has 0 amide bonds. The lowest BCUT2D eigenvalue weighted by Gasteiger charge is -2.28. The first-order valence-corrected chi connectivity index (χ1v) is 11.6. The van der Waals surface area contributed by atoms with E-state index in [0.717, 1.165) is 0 Å². The highest BCUT2D eigenvalue weighted by molar-refractivity contribution is 7.89. The van der Waals surface area contributed by atoms with Crippen molar-refractivity contribution in [2.24, 2.45) is 4.99 Å². The Morgan fingerprint density at radius 2 is 1.87 bits per heavy atom. The van der Waals surface area contributed by atoms with Crippen LogP contribution >= 0.6 is 0 Å². The first-order chi connectivity index (χ1) is 14.7. The zero-order chi connectivity index (χ0) is 22.0. The number of H-pyrrole nitrogens is 1. The van der Waals surface area contributed by atoms with Crippen LogP contribution in [0.25, 0.3) is 10.9 Å². The second-order valence-electron chi connectivity index (χ2n) is 8.24. The largest absolute Gasteiger partial charge is 0.494 e. The third-order valence-electron chi connectivity index (χ3n) is 6.17. The van der Waals surface area contributed by atoms with Gasteiger partial charge in [0.1, 0.15) is 5.60 Å². The maximum atomic E-state index is 13.2. The molecule has 162 valence electrons. The van der Waals surface area contributed by atoms with E-state index in [1.165, 1.54) is 16.4 Å². The molecule has 2 aliphatic rings. The van der Waals surface area contributed by atoms with Crippen LogP contribution in [0.3, 0.4) is 0 Å². The second-order valence-corrected chi connectivity index (χ2v) is 10.2. The minimum atomic E-state index is -3.77. The SMILES string of the molecule is CC1(O)C(c2c(O)[nH]c3ccc(S(=O)(=O)N4CCC(O)CC4)cc23)=Nc2ccccc21. The van der Waals surface area contributed by atoms with Gasteiger partial charge in [0.2, 0.25) is 10.0 Å². The number of aromatic amines is 1. The predicted octanol–water partition coefficient (Wildman–Crippen LogP) is 2.36. The van der Waals surface area contributed by atoms with Gasteiger partial charge >= 0.3 is 0 Å². The lowest BCUT2D eigenvalue weighted by Crippen LogP contribution is -2.39. The number of rotatable bonds is 3. The molecule has 1 unspecified atom stereocenters. The number of aliphatic hydroxyl groups excluding tert-OH is 1. The molecule has 1 saturated heterocycles. The minimum Gasteiger partial charge on any atom is -0.494 e. The molecule has 0 bridgehead atoms. The normalized spacial score (nSPS) is 22.6. The Labute approximate surface area is 179 Å². The summed E-state index contributed by atoms with van der Waals surface area (Å²) in [5.74, 6) is -0.183. The number of fused-ring (bicyclic) bond motifs is 2. The predicted molar refractivity (Wildman–Crippen MR) is 116 cm³/mol. The van der Waals surface area contributed by atoms with E-state index in [1.54, 1.807) is 31.2 Å². The molecule has 5 rings (SSSR count). The van der Waals surface area contributed by atoms with Gasteiger partial charge in [0.05, 0.1) is 28.0 Å². The smallest absolute Gasteiger partial charge is 0.243 e. The molecule has 9 heteroatoms. The number of aromatic nitrogens is 1. The zero-order valence-corrected chi connectivity index (χ0v) is 17.7. The van der Waals surface area contributed by atoms with Crippen LogP contribution in [-0.2, 0) is 15.6 Å². The van der Waals surface area contributed by atoms with Crippen molar-refractivity contribution in [2.75, 3.05) is 13.1 Å². The Morgan fingerprint density at radius 3 is 2.58 bits per heavy atom. The van der Waals surface area contributed by atoms with E-state index in [4.69, 9.17) is 0 Å². The number of hydrogen-bond donors (Lipinski definition) is 4. The molecule has 0 radical (unpaired) electrons. The van der Waals surface area contributed by atoms with E-state index in [1.807, 2.05) is 6.07 Å². The molecule has 1 fully saturated rings. The summed E-state index contributed by atoms with van der Waals surface area (Å²) in [7, 11) is -3.77. The van der Waals surface area contributed by atoms with E-state index in [9.17, 15) is 23.7 Å². The molecule has 3 heterocycles. The zero-order valence-electron chi connectivity index (χ0n) is 16.9. The number of benzene rings is 2. The van der Waals surface area contributed by atoms with Crippen LogP contribution in [-0.4, -0.2) is 57.9 Å². The average Bonchev–Trinajstić information content (AvgIpc) is 3.20. The number of piperidine rings is 1. The van der Waals surface area contributed by atoms with Crippen LogP contribution in [0, 0.1) is 0 Å². The molecule has 2 aliphatic heterocycles. The highest BCUT2D eigenvalue weighted by Crippen LogP contribution is 2.44. The van der Waals surface area contributed by atoms with Crippen LogP contribution < -0.4 is 0 Å². The number of para-hydroxylation sites is 1. The summed E-state index contributed by atoms with van der Waals surface area (Å²) in [5.41, 5.74) is 0.854. The summed E-state index contributed by atoms with van der Waals surface area (Å²) in [6.07, 6.45) is 0.317. The van der Waals surface area contributed by atoms with Crippen LogP contribution in [0.4, 0.5) is 5.69 Å². The van der Waals surface area contributed by atoms with Gasteiger partial charge in [-0.05, 0) is 44.0 Å². The third kappa shape index (κ3) is 3.08. The van der Waals surface area contributed by atoms with Gasteiger partial charge in [0, 0.05) is 29.6 Å². The lowest BCUT2D eigenvalue weighted by atomic mass is 9.88. The van der Waals surface area contributed by atoms with Crippen molar-refractivity contribution in [1.29, 1.82) is 0 Å². The number of nitrogens with zero attached hydrogens (tertiary/aromatic N) is 2. The molecule has 8 nitrogen and oxygen atoms in total. The summed E-state index contributed by atoms with van der Waals surface area (Å²) in [6.45, 7) is 2.11. The Hall–Kier alpha value is -2.72. The van der Waals surface area contributed by atoms with Gasteiger partial charge in [-0.2, -0.15) is 4.31 Å². The number of hydrogen-bond acceptors (Lipinski definition) is 6. The van der Waals surface area contributed by atoms with Gasteiger partial charge in [-0.15, -0.1) is 0 Å². The topological polar surface area (TPSA) is 126 Å². The number of sulfonamides is 1. The van der Waals surface area contributed by atoms with E-state index in [0.29, 0.717) is 35.0 Å². The maximum absolute atomic E-state index is 13.2. The number of aliphatic hydroxyl groups is 2. The van der Waals surface area contributed by atoms with Gasteiger partial charge in [-0.25, -0.2) is 13.4 Å². The van der Waals surface area contributed by atoms with Crippen LogP contribution in [0.1, 0.15) is 30.9 Å². The molecule has 0 spiro atoms. The van der Waals surface area contributed by atoms with E-state index in [-0.39, 0.29) is 35.1 Å². The van der Waals surface area contributed by atoms with Crippen molar-refractivity contribution in [3.8, 4) is 5.88 Å². The first-order valence-electron chi connectivity index (χ1n) is 10.1. The molecule has 4 N–H and O–H groups in total. The molecule has 0 aliphatic carbocycles. The molecular weight excluding hydrogens is 418 g/mol. The summed E-state index contributed by atoms with van der Waals surface area (Å²) >= 11 is 0. The second kappa shape index (κ2) is 6.89. The summed E-state index contributed by atoms with van der Waals surface area (Å²) in [6, 6.07) is 11.8. The van der Waals surface area contributed by atoms with Gasteiger partial charge in [-0.1, -0.05) is 18.2 Å². The number of nitrogens with one attached hydrogen (secondary N) is 1. The Kier molecular flexibility index (Phi) is 4.49. The standard InChI is InChI=1S/C22H23N3O5S/c1-22(28)16-4-2-3-5-18(16)23-20(22)19-15-12-14(6-7-17(15)24-21(19)27)31(29,30)25-10-8-13(26)9-11-25/h2-7,12-13,24,26-28H,8-11H2,1H3. The molecule has 1 aromatic heterocycles. The van der Waals surface area contributed by atoms with Gasteiger partial charge in [0.15, 0.2) is 5.88 Å². The van der Waals surface area contributed by atoms with Crippen LogP contribution in [0.5, 0.6) is 5.88 Å². The average molecular weight is 442 g/mol. The van der Waals surface area contributed by atoms with Crippen LogP contribution in [0.2, 0.25) is 0 Å². The fraction of sp³-hybridized carbons (Fsp3) is 0.318. The minimum absolute atomic E-state index is 0.0902. The van der Waals surface area contributed by atoms with Crippen molar-refractivity contribution in [3.63, 3.8) is 0 Å². The third-order valence-corrected chi connectivity index (χ3v) is 8.06. The Bertz CT molecular complexity index is 1320. The molecule has 1 atom stereocenters. The summed E-state index contributed by atoms with van der Waals surface area (Å²) in [4.78, 5) is 7.49. The summed E-state index contributed by atoms with van der Waals surface area (Å²) < 4.78 is 27.7. The number of aliphatic imine (C=N–C) groups is 1. The maximum Gasteiger partial charge on any atom is 0.243 e. The van der Waals surface area contributed by atoms with Crippen molar-refractivity contribution in [3.05, 3.63) is 53.6 Å². The first kappa shape index (κ1) is 20.2. The Balaban J connectivity index is 1.63. The fourth-order valence-corrected chi connectivity index (χ4v) is 5.92. The molecule has 2 aromatic carbocycles. The van der Waals surface area contributed by atoms with E-state index in [2.05, 4.69) is 9.98 Å². The van der Waals surface area contributed by atoms with Gasteiger partial charge in [-0.3, -0.25) is 0 Å². The lowest BCUT2D eigenvalue weighted by molar-refractivity contribution is 0.113. The fourth-order valence-electron chi connectivity index (χ4n) is 4.43. The molecule has 31 heavy (non-hydrogen) atoms. The van der Waals surface area contributed by atoms with Gasteiger partial charge in [0.25, 0.3) is 0 Å². The van der Waals surface area contributed by atoms with Crippen LogP contribution in [0.15, 0.2) is 52.4 Å². The highest BCUT2D eigenvalue weighted by Gasteiger charge is 2.40. The Morgan fingerprint density at radius 1 is 1.16 bits per heavy atom. The van der Waals surface area contributed by atoms with Crippen molar-refractivity contribution < 1.29 is 23.7 Å². The summed E-state index contributed by atoms with van der Waals surface area (Å²) in [5, 5.41) is 32.0. The highest BCUT2D eigenvalue weighted by atomic mass is 32.2. The van der Waals surface area contributed by atoms with E-state index < -0.39 is 21.7 Å². The number of aromatic hydroxyl groups is 1. The van der Waals surface area contributed by atoms with Crippen molar-refractivity contribution in [1.82, 2.24) is 9.29 Å². The quantitative estimate of drug-likeness (QED) is 0.496. The molecule has 0 saturated carbocycles. The van der Waals surface area contributed by atoms with Crippen molar-refractivity contribution in [2.45, 2.75) is 36.4 Å².